The summed E-state index contributed by atoms with van der Waals surface area (Å²) in [5.41, 5.74) is 3.61. The lowest BCUT2D eigenvalue weighted by Crippen LogP contribution is -2.42. The SMILES string of the molecule is COc1cc(/C=C2\C(=O)N(c3ccccc3C)C(=O)c3ccccc32)cc2c1OCO2. The van der Waals surface area contributed by atoms with Gasteiger partial charge in [-0.05, 0) is 54.0 Å². The molecule has 0 fully saturated rings. The van der Waals surface area contributed by atoms with E-state index in [9.17, 15) is 9.59 Å². The number of ether oxygens (including phenoxy) is 3. The van der Waals surface area contributed by atoms with Gasteiger partial charge in [-0.3, -0.25) is 9.59 Å². The van der Waals surface area contributed by atoms with Crippen molar-refractivity contribution < 1.29 is 23.8 Å². The number of amides is 2. The average molecular weight is 413 g/mol. The Balaban J connectivity index is 1.69. The van der Waals surface area contributed by atoms with Crippen LogP contribution in [0, 0.1) is 6.92 Å². The number of rotatable bonds is 3. The van der Waals surface area contributed by atoms with Gasteiger partial charge in [-0.2, -0.15) is 0 Å². The number of aryl methyl sites for hydroxylation is 1. The molecule has 0 N–H and O–H groups in total. The number of para-hydroxylation sites is 1. The van der Waals surface area contributed by atoms with Crippen molar-refractivity contribution in [3.63, 3.8) is 0 Å². The molecular weight excluding hydrogens is 394 g/mol. The molecule has 0 bridgehead atoms. The zero-order chi connectivity index (χ0) is 21.5. The largest absolute Gasteiger partial charge is 0.493 e. The van der Waals surface area contributed by atoms with Gasteiger partial charge in [0.2, 0.25) is 12.5 Å². The average Bonchev–Trinajstić information content (AvgIpc) is 3.26. The van der Waals surface area contributed by atoms with Crippen LogP contribution >= 0.6 is 0 Å². The summed E-state index contributed by atoms with van der Waals surface area (Å²) >= 11 is 0. The van der Waals surface area contributed by atoms with E-state index in [1.54, 1.807) is 49.6 Å². The van der Waals surface area contributed by atoms with E-state index in [-0.39, 0.29) is 18.6 Å². The van der Waals surface area contributed by atoms with Gasteiger partial charge in [0, 0.05) is 11.1 Å². The van der Waals surface area contributed by atoms with Gasteiger partial charge in [-0.15, -0.1) is 0 Å². The molecule has 0 spiro atoms. The van der Waals surface area contributed by atoms with Gasteiger partial charge in [0.1, 0.15) is 0 Å². The lowest BCUT2D eigenvalue weighted by atomic mass is 9.91. The Hall–Kier alpha value is -4.06. The highest BCUT2D eigenvalue weighted by Crippen LogP contribution is 2.43. The number of carbonyl (C=O) groups excluding carboxylic acids is 2. The van der Waals surface area contributed by atoms with Crippen LogP contribution in [0.2, 0.25) is 0 Å². The fourth-order valence-electron chi connectivity index (χ4n) is 3.93. The van der Waals surface area contributed by atoms with Crippen LogP contribution in [0.1, 0.15) is 27.0 Å². The van der Waals surface area contributed by atoms with E-state index >= 15 is 0 Å². The van der Waals surface area contributed by atoms with Gasteiger partial charge in [0.25, 0.3) is 11.8 Å². The van der Waals surface area contributed by atoms with Crippen molar-refractivity contribution in [2.75, 3.05) is 18.8 Å². The molecule has 0 atom stereocenters. The molecule has 31 heavy (non-hydrogen) atoms. The second-order valence-electron chi connectivity index (χ2n) is 7.29. The number of carbonyl (C=O) groups is 2. The third kappa shape index (κ3) is 3.04. The van der Waals surface area contributed by atoms with E-state index in [1.807, 2.05) is 31.2 Å². The number of imide groups is 1. The molecule has 0 aromatic heterocycles. The Morgan fingerprint density at radius 2 is 1.68 bits per heavy atom. The van der Waals surface area contributed by atoms with Gasteiger partial charge >= 0.3 is 0 Å². The number of anilines is 1. The third-order valence-electron chi connectivity index (χ3n) is 5.43. The van der Waals surface area contributed by atoms with Crippen LogP contribution in [-0.2, 0) is 4.79 Å². The van der Waals surface area contributed by atoms with Gasteiger partial charge in [0.05, 0.1) is 12.8 Å². The smallest absolute Gasteiger partial charge is 0.265 e. The minimum absolute atomic E-state index is 0.114. The summed E-state index contributed by atoms with van der Waals surface area (Å²) in [6.45, 7) is 1.99. The van der Waals surface area contributed by atoms with Crippen molar-refractivity contribution >= 4 is 29.2 Å². The van der Waals surface area contributed by atoms with Gasteiger partial charge in [0.15, 0.2) is 11.5 Å². The van der Waals surface area contributed by atoms with Crippen LogP contribution in [0.4, 0.5) is 5.69 Å². The maximum absolute atomic E-state index is 13.6. The standard InChI is InChI=1S/C25H19NO5/c1-15-7-3-6-10-20(15)26-24(27)18-9-5-4-8-17(18)19(25(26)28)11-16-12-21(29-2)23-22(13-16)30-14-31-23/h3-13H,14H2,1-2H3/b19-11-. The molecule has 154 valence electrons. The van der Waals surface area contributed by atoms with Crippen LogP contribution in [0.15, 0.2) is 60.7 Å². The summed E-state index contributed by atoms with van der Waals surface area (Å²) in [4.78, 5) is 28.1. The summed E-state index contributed by atoms with van der Waals surface area (Å²) in [6.07, 6.45) is 1.75. The first-order chi connectivity index (χ1) is 15.1. The molecule has 2 amide bonds. The minimum Gasteiger partial charge on any atom is -0.493 e. The first kappa shape index (κ1) is 18.9. The molecule has 2 aliphatic rings. The summed E-state index contributed by atoms with van der Waals surface area (Å²) in [7, 11) is 1.55. The number of hydrogen-bond acceptors (Lipinski definition) is 5. The van der Waals surface area contributed by atoms with Crippen molar-refractivity contribution in [2.45, 2.75) is 6.92 Å². The Morgan fingerprint density at radius 3 is 2.45 bits per heavy atom. The van der Waals surface area contributed by atoms with Gasteiger partial charge in [-0.25, -0.2) is 4.90 Å². The third-order valence-corrected chi connectivity index (χ3v) is 5.43. The molecule has 3 aromatic carbocycles. The highest BCUT2D eigenvalue weighted by molar-refractivity contribution is 6.43. The number of hydrogen-bond donors (Lipinski definition) is 0. The monoisotopic (exact) mass is 413 g/mol. The van der Waals surface area contributed by atoms with Crippen molar-refractivity contribution in [1.29, 1.82) is 0 Å². The van der Waals surface area contributed by atoms with E-state index in [1.165, 1.54) is 4.90 Å². The zero-order valence-electron chi connectivity index (χ0n) is 17.0. The quantitative estimate of drug-likeness (QED) is 0.469. The zero-order valence-corrected chi connectivity index (χ0v) is 17.0. The number of benzene rings is 3. The molecule has 0 unspecified atom stereocenters. The number of methoxy groups -OCH3 is 1. The first-order valence-electron chi connectivity index (χ1n) is 9.81. The second-order valence-corrected chi connectivity index (χ2v) is 7.29. The van der Waals surface area contributed by atoms with Crippen molar-refractivity contribution in [2.24, 2.45) is 0 Å². The van der Waals surface area contributed by atoms with Crippen molar-refractivity contribution in [1.82, 2.24) is 0 Å². The molecule has 5 rings (SSSR count). The van der Waals surface area contributed by atoms with E-state index in [2.05, 4.69) is 0 Å². The maximum atomic E-state index is 13.6. The highest BCUT2D eigenvalue weighted by atomic mass is 16.7. The topological polar surface area (TPSA) is 65.1 Å². The Labute approximate surface area is 179 Å². The fraction of sp³-hybridized carbons (Fsp3) is 0.120. The van der Waals surface area contributed by atoms with E-state index in [0.29, 0.717) is 45.2 Å². The normalized spacial score (nSPS) is 15.9. The molecule has 3 aromatic rings. The minimum atomic E-state index is -0.380. The lowest BCUT2D eigenvalue weighted by molar-refractivity contribution is -0.112. The predicted molar refractivity (Wildman–Crippen MR) is 116 cm³/mol. The Bertz CT molecular complexity index is 1260. The molecule has 6 heteroatoms. The molecule has 0 saturated heterocycles. The summed E-state index contributed by atoms with van der Waals surface area (Å²) in [6, 6.07) is 18.1. The van der Waals surface area contributed by atoms with E-state index in [0.717, 1.165) is 5.56 Å². The lowest BCUT2D eigenvalue weighted by Gasteiger charge is -2.29. The fourth-order valence-corrected chi connectivity index (χ4v) is 3.93. The molecule has 0 radical (unpaired) electrons. The van der Waals surface area contributed by atoms with Crippen LogP contribution in [0.5, 0.6) is 17.2 Å². The van der Waals surface area contributed by atoms with Gasteiger partial charge in [-0.1, -0.05) is 36.4 Å². The van der Waals surface area contributed by atoms with Crippen molar-refractivity contribution in [3.8, 4) is 17.2 Å². The van der Waals surface area contributed by atoms with Gasteiger partial charge < -0.3 is 14.2 Å². The summed E-state index contributed by atoms with van der Waals surface area (Å²) < 4.78 is 16.4. The number of fused-ring (bicyclic) bond motifs is 2. The van der Waals surface area contributed by atoms with E-state index < -0.39 is 0 Å². The van der Waals surface area contributed by atoms with Crippen LogP contribution in [0.25, 0.3) is 11.6 Å². The predicted octanol–water partition coefficient (Wildman–Crippen LogP) is 4.46. The molecular formula is C25H19NO5. The maximum Gasteiger partial charge on any atom is 0.265 e. The molecule has 2 heterocycles. The molecule has 0 saturated carbocycles. The highest BCUT2D eigenvalue weighted by Gasteiger charge is 2.36. The summed E-state index contributed by atoms with van der Waals surface area (Å²) in [5.74, 6) is 0.890. The Morgan fingerprint density at radius 1 is 0.935 bits per heavy atom. The van der Waals surface area contributed by atoms with Crippen LogP contribution < -0.4 is 19.1 Å². The van der Waals surface area contributed by atoms with E-state index in [4.69, 9.17) is 14.2 Å². The molecule has 2 aliphatic heterocycles. The van der Waals surface area contributed by atoms with Crippen molar-refractivity contribution in [3.05, 3.63) is 82.9 Å². The van der Waals surface area contributed by atoms with Crippen LogP contribution in [0.3, 0.4) is 0 Å². The van der Waals surface area contributed by atoms with Crippen LogP contribution in [-0.4, -0.2) is 25.7 Å². The molecule has 6 nitrogen and oxygen atoms in total. The summed E-state index contributed by atoms with van der Waals surface area (Å²) in [5, 5.41) is 0. The Kier molecular flexibility index (Phi) is 4.47. The first-order valence-corrected chi connectivity index (χ1v) is 9.81. The second kappa shape index (κ2) is 7.32. The molecule has 0 aliphatic carbocycles. The number of nitrogens with zero attached hydrogens (tertiary/aromatic N) is 1.